The van der Waals surface area contributed by atoms with Crippen molar-refractivity contribution in [1.29, 1.82) is 0 Å². The molecule has 0 radical (unpaired) electrons. The second-order valence-electron chi connectivity index (χ2n) is 6.46. The number of nitrogens with zero attached hydrogens (tertiary/aromatic N) is 1. The second kappa shape index (κ2) is 8.95. The van der Waals surface area contributed by atoms with E-state index in [1.54, 1.807) is 23.8 Å². The maximum Gasteiger partial charge on any atom is 0.227 e. The Hall–Kier alpha value is -2.47. The zero-order chi connectivity index (χ0) is 19.2. The third-order valence-corrected chi connectivity index (χ3v) is 5.47. The molecule has 1 aliphatic rings. The van der Waals surface area contributed by atoms with Crippen LogP contribution in [0.1, 0.15) is 12.0 Å². The van der Waals surface area contributed by atoms with E-state index in [4.69, 9.17) is 4.74 Å². The summed E-state index contributed by atoms with van der Waals surface area (Å²) in [6, 6.07) is 15.6. The fourth-order valence-electron chi connectivity index (χ4n) is 3.29. The van der Waals surface area contributed by atoms with E-state index in [9.17, 15) is 9.59 Å². The SMILES string of the molecule is COc1ccccc1CCNC(=O)C1CC(=O)N(c2cccc(SC)c2)C1. The minimum absolute atomic E-state index is 0.00173. The lowest BCUT2D eigenvalue weighted by atomic mass is 10.1. The van der Waals surface area contributed by atoms with Crippen molar-refractivity contribution in [1.82, 2.24) is 5.32 Å². The van der Waals surface area contributed by atoms with Crippen LogP contribution in [0.2, 0.25) is 0 Å². The fraction of sp³-hybridized carbons (Fsp3) is 0.333. The number of anilines is 1. The lowest BCUT2D eigenvalue weighted by molar-refractivity contribution is -0.126. The van der Waals surface area contributed by atoms with Crippen LogP contribution < -0.4 is 15.0 Å². The molecule has 1 aliphatic heterocycles. The highest BCUT2D eigenvalue weighted by Gasteiger charge is 2.35. The van der Waals surface area contributed by atoms with E-state index in [-0.39, 0.29) is 24.2 Å². The Kier molecular flexibility index (Phi) is 6.40. The number of ether oxygens (including phenoxy) is 1. The highest BCUT2D eigenvalue weighted by molar-refractivity contribution is 7.98. The summed E-state index contributed by atoms with van der Waals surface area (Å²) in [5.41, 5.74) is 1.91. The molecule has 2 aromatic rings. The normalized spacial score (nSPS) is 16.4. The molecule has 0 aliphatic carbocycles. The van der Waals surface area contributed by atoms with E-state index in [0.717, 1.165) is 21.9 Å². The van der Waals surface area contributed by atoms with Crippen LogP contribution in [0.25, 0.3) is 0 Å². The first-order chi connectivity index (χ1) is 13.1. The molecule has 1 fully saturated rings. The fourth-order valence-corrected chi connectivity index (χ4v) is 3.74. The van der Waals surface area contributed by atoms with Crippen molar-refractivity contribution >= 4 is 29.3 Å². The van der Waals surface area contributed by atoms with Crippen molar-refractivity contribution < 1.29 is 14.3 Å². The highest BCUT2D eigenvalue weighted by atomic mass is 32.2. The monoisotopic (exact) mass is 384 g/mol. The van der Waals surface area contributed by atoms with Crippen molar-refractivity contribution in [2.24, 2.45) is 5.92 Å². The number of amides is 2. The highest BCUT2D eigenvalue weighted by Crippen LogP contribution is 2.28. The molecule has 1 atom stereocenters. The molecule has 1 N–H and O–H groups in total. The molecule has 0 saturated carbocycles. The number of para-hydroxylation sites is 1. The van der Waals surface area contributed by atoms with E-state index in [1.165, 1.54) is 0 Å². The molecule has 3 rings (SSSR count). The molecule has 1 saturated heterocycles. The number of hydrogen-bond donors (Lipinski definition) is 1. The summed E-state index contributed by atoms with van der Waals surface area (Å²) in [5.74, 6) is 0.440. The van der Waals surface area contributed by atoms with Gasteiger partial charge in [0.2, 0.25) is 11.8 Å². The van der Waals surface area contributed by atoms with Gasteiger partial charge in [0.25, 0.3) is 0 Å². The molecule has 5 nitrogen and oxygen atoms in total. The Morgan fingerprint density at radius 2 is 2.07 bits per heavy atom. The van der Waals surface area contributed by atoms with Gasteiger partial charge in [0.1, 0.15) is 5.75 Å². The van der Waals surface area contributed by atoms with Crippen LogP contribution in [0.4, 0.5) is 5.69 Å². The summed E-state index contributed by atoms with van der Waals surface area (Å²) in [6.45, 7) is 0.947. The molecule has 1 unspecified atom stereocenters. The summed E-state index contributed by atoms with van der Waals surface area (Å²) in [6.07, 6.45) is 2.95. The van der Waals surface area contributed by atoms with Gasteiger partial charge in [0.05, 0.1) is 13.0 Å². The van der Waals surface area contributed by atoms with E-state index >= 15 is 0 Å². The van der Waals surface area contributed by atoms with Gasteiger partial charge < -0.3 is 15.0 Å². The largest absolute Gasteiger partial charge is 0.496 e. The van der Waals surface area contributed by atoms with Crippen LogP contribution in [-0.4, -0.2) is 38.3 Å². The van der Waals surface area contributed by atoms with Crippen LogP contribution in [0, 0.1) is 5.92 Å². The first-order valence-corrected chi connectivity index (χ1v) is 10.2. The van der Waals surface area contributed by atoms with Crippen LogP contribution in [-0.2, 0) is 16.0 Å². The molecule has 27 heavy (non-hydrogen) atoms. The Balaban J connectivity index is 1.56. The molecular weight excluding hydrogens is 360 g/mol. The average molecular weight is 385 g/mol. The van der Waals surface area contributed by atoms with Crippen LogP contribution in [0.5, 0.6) is 5.75 Å². The van der Waals surface area contributed by atoms with Gasteiger partial charge >= 0.3 is 0 Å². The number of benzene rings is 2. The topological polar surface area (TPSA) is 58.6 Å². The van der Waals surface area contributed by atoms with Crippen LogP contribution in [0.3, 0.4) is 0 Å². The predicted octanol–water partition coefficient (Wildman–Crippen LogP) is 3.13. The summed E-state index contributed by atoms with van der Waals surface area (Å²) in [4.78, 5) is 27.7. The Morgan fingerprint density at radius 3 is 2.85 bits per heavy atom. The number of carbonyl (C=O) groups is 2. The van der Waals surface area contributed by atoms with Gasteiger partial charge in [-0.2, -0.15) is 0 Å². The molecule has 2 aromatic carbocycles. The van der Waals surface area contributed by atoms with Crippen molar-refractivity contribution in [2.75, 3.05) is 31.4 Å². The summed E-state index contributed by atoms with van der Waals surface area (Å²) in [5, 5.41) is 2.96. The van der Waals surface area contributed by atoms with Gasteiger partial charge in [-0.05, 0) is 42.5 Å². The number of rotatable bonds is 7. The molecular formula is C21H24N2O3S. The lowest BCUT2D eigenvalue weighted by Gasteiger charge is -2.17. The first kappa shape index (κ1) is 19.3. The summed E-state index contributed by atoms with van der Waals surface area (Å²) >= 11 is 1.63. The Labute approximate surface area is 164 Å². The van der Waals surface area contributed by atoms with Crippen molar-refractivity contribution in [3.05, 3.63) is 54.1 Å². The number of carbonyl (C=O) groups excluding carboxylic acids is 2. The molecule has 0 spiro atoms. The zero-order valence-electron chi connectivity index (χ0n) is 15.6. The van der Waals surface area contributed by atoms with Crippen molar-refractivity contribution in [3.63, 3.8) is 0 Å². The third kappa shape index (κ3) is 4.63. The number of nitrogens with one attached hydrogen (secondary N) is 1. The van der Waals surface area contributed by atoms with Gasteiger partial charge in [0, 0.05) is 30.1 Å². The van der Waals surface area contributed by atoms with Crippen molar-refractivity contribution in [2.45, 2.75) is 17.7 Å². The summed E-state index contributed by atoms with van der Waals surface area (Å²) < 4.78 is 5.33. The molecule has 0 aromatic heterocycles. The maximum atomic E-state index is 12.5. The van der Waals surface area contributed by atoms with E-state index < -0.39 is 0 Å². The zero-order valence-corrected chi connectivity index (χ0v) is 16.4. The minimum atomic E-state index is -0.312. The maximum absolute atomic E-state index is 12.5. The molecule has 1 heterocycles. The predicted molar refractivity (Wildman–Crippen MR) is 108 cm³/mol. The van der Waals surface area contributed by atoms with Gasteiger partial charge in [-0.25, -0.2) is 0 Å². The van der Waals surface area contributed by atoms with Crippen LogP contribution in [0.15, 0.2) is 53.4 Å². The van der Waals surface area contributed by atoms with Gasteiger partial charge in [-0.1, -0.05) is 24.3 Å². The summed E-state index contributed by atoms with van der Waals surface area (Å²) in [7, 11) is 1.64. The quantitative estimate of drug-likeness (QED) is 0.745. The Morgan fingerprint density at radius 1 is 1.26 bits per heavy atom. The molecule has 0 bridgehead atoms. The third-order valence-electron chi connectivity index (χ3n) is 4.75. The number of thioether (sulfide) groups is 1. The lowest BCUT2D eigenvalue weighted by Crippen LogP contribution is -2.34. The minimum Gasteiger partial charge on any atom is -0.496 e. The van der Waals surface area contributed by atoms with Gasteiger partial charge in [-0.15, -0.1) is 11.8 Å². The molecule has 2 amide bonds. The van der Waals surface area contributed by atoms with Crippen LogP contribution >= 0.6 is 11.8 Å². The molecule has 6 heteroatoms. The van der Waals surface area contributed by atoms with E-state index in [0.29, 0.717) is 19.5 Å². The number of hydrogen-bond acceptors (Lipinski definition) is 4. The smallest absolute Gasteiger partial charge is 0.227 e. The number of methoxy groups -OCH3 is 1. The second-order valence-corrected chi connectivity index (χ2v) is 7.34. The van der Waals surface area contributed by atoms with E-state index in [1.807, 2.05) is 54.8 Å². The van der Waals surface area contributed by atoms with Gasteiger partial charge in [0.15, 0.2) is 0 Å². The Bertz CT molecular complexity index is 825. The standard InChI is InChI=1S/C21H24N2O3S/c1-26-19-9-4-3-6-15(19)10-11-22-21(25)16-12-20(24)23(14-16)17-7-5-8-18(13-17)27-2/h3-9,13,16H,10-12,14H2,1-2H3,(H,22,25). The van der Waals surface area contributed by atoms with Crippen molar-refractivity contribution in [3.8, 4) is 5.75 Å². The first-order valence-electron chi connectivity index (χ1n) is 8.96. The average Bonchev–Trinajstić information content (AvgIpc) is 3.10. The van der Waals surface area contributed by atoms with Gasteiger partial charge in [-0.3, -0.25) is 9.59 Å². The van der Waals surface area contributed by atoms with E-state index in [2.05, 4.69) is 5.32 Å². The molecule has 142 valence electrons.